The highest BCUT2D eigenvalue weighted by atomic mass is 32.2. The number of imidazole rings is 2. The van der Waals surface area contributed by atoms with Crippen LogP contribution in [0.3, 0.4) is 0 Å². The smallest absolute Gasteiger partial charge is 0.332 e. The lowest BCUT2D eigenvalue weighted by Crippen LogP contribution is -2.37. The Bertz CT molecular complexity index is 1310. The number of rotatable bonds is 5. The van der Waals surface area contributed by atoms with Crippen LogP contribution in [-0.2, 0) is 20.6 Å². The van der Waals surface area contributed by atoms with Crippen molar-refractivity contribution < 1.29 is 0 Å². The van der Waals surface area contributed by atoms with E-state index in [1.54, 1.807) is 17.9 Å². The minimum Gasteiger partial charge on any atom is -0.382 e. The van der Waals surface area contributed by atoms with Gasteiger partial charge in [-0.15, -0.1) is 0 Å². The van der Waals surface area contributed by atoms with Gasteiger partial charge in [0.2, 0.25) is 5.95 Å². The number of fused-ring (bicyclic) bond motifs is 2. The van der Waals surface area contributed by atoms with Gasteiger partial charge in [-0.2, -0.15) is 9.97 Å². The molecule has 12 nitrogen and oxygen atoms in total. The van der Waals surface area contributed by atoms with Crippen LogP contribution >= 0.6 is 11.8 Å². The number of nitrogens with one attached hydrogen (secondary N) is 1. The van der Waals surface area contributed by atoms with Gasteiger partial charge >= 0.3 is 5.69 Å². The number of H-pyrrole nitrogens is 1. The average molecular weight is 402 g/mol. The van der Waals surface area contributed by atoms with Gasteiger partial charge in [0.25, 0.3) is 5.56 Å². The summed E-state index contributed by atoms with van der Waals surface area (Å²) in [4.78, 5) is 44.0. The van der Waals surface area contributed by atoms with Crippen molar-refractivity contribution in [1.29, 1.82) is 0 Å². The van der Waals surface area contributed by atoms with Crippen molar-refractivity contribution in [3.05, 3.63) is 27.2 Å². The highest BCUT2D eigenvalue weighted by molar-refractivity contribution is 7.99. The summed E-state index contributed by atoms with van der Waals surface area (Å²) in [5.74, 6) is 1.07. The van der Waals surface area contributed by atoms with Crippen molar-refractivity contribution in [1.82, 2.24) is 38.6 Å². The predicted molar refractivity (Wildman–Crippen MR) is 106 cm³/mol. The van der Waals surface area contributed by atoms with E-state index in [1.807, 2.05) is 0 Å². The van der Waals surface area contributed by atoms with Crippen LogP contribution in [0.5, 0.6) is 0 Å². The molecule has 4 aromatic heterocycles. The van der Waals surface area contributed by atoms with E-state index in [0.717, 1.165) is 16.7 Å². The van der Waals surface area contributed by atoms with E-state index in [1.165, 1.54) is 23.4 Å². The maximum atomic E-state index is 12.4. The molecule has 0 radical (unpaired) electrons. The van der Waals surface area contributed by atoms with Crippen LogP contribution in [0, 0.1) is 0 Å². The molecule has 0 aromatic carbocycles. The Kier molecular flexibility index (Phi) is 4.30. The fourth-order valence-corrected chi connectivity index (χ4v) is 3.75. The molecule has 4 heterocycles. The van der Waals surface area contributed by atoms with E-state index < -0.39 is 5.69 Å². The SMILES string of the molecule is Cn1c(=O)c2c(ncn2CCCSc2nc3nc(N)nc(N)c3[nH]2)n(C)c1=O. The van der Waals surface area contributed by atoms with Crippen LogP contribution in [0.15, 0.2) is 21.1 Å². The topological polar surface area (TPSA) is 168 Å². The Morgan fingerprint density at radius 3 is 2.71 bits per heavy atom. The Hall–Kier alpha value is -3.35. The molecule has 0 amide bonds. The number of anilines is 2. The van der Waals surface area contributed by atoms with Gasteiger partial charge in [-0.1, -0.05) is 11.8 Å². The Morgan fingerprint density at radius 2 is 1.93 bits per heavy atom. The number of thioether (sulfide) groups is 1. The van der Waals surface area contributed by atoms with Gasteiger partial charge in [0.15, 0.2) is 27.8 Å². The summed E-state index contributed by atoms with van der Waals surface area (Å²) >= 11 is 1.50. The summed E-state index contributed by atoms with van der Waals surface area (Å²) in [6, 6.07) is 0. The highest BCUT2D eigenvalue weighted by Crippen LogP contribution is 2.22. The van der Waals surface area contributed by atoms with Gasteiger partial charge in [-0.25, -0.2) is 14.8 Å². The van der Waals surface area contributed by atoms with Crippen molar-refractivity contribution in [2.24, 2.45) is 14.1 Å². The Labute approximate surface area is 161 Å². The Balaban J connectivity index is 1.48. The van der Waals surface area contributed by atoms with Crippen LogP contribution in [0.2, 0.25) is 0 Å². The van der Waals surface area contributed by atoms with Gasteiger partial charge in [0.1, 0.15) is 5.52 Å². The van der Waals surface area contributed by atoms with Crippen molar-refractivity contribution in [2.45, 2.75) is 18.1 Å². The summed E-state index contributed by atoms with van der Waals surface area (Å²) in [5, 5.41) is 0.662. The lowest BCUT2D eigenvalue weighted by molar-refractivity contribution is 0.679. The summed E-state index contributed by atoms with van der Waals surface area (Å²) < 4.78 is 4.22. The molecule has 4 rings (SSSR count). The molecular weight excluding hydrogens is 384 g/mol. The lowest BCUT2D eigenvalue weighted by atomic mass is 10.4. The molecule has 0 aliphatic heterocycles. The second-order valence-corrected chi connectivity index (χ2v) is 7.31. The monoisotopic (exact) mass is 402 g/mol. The molecule has 0 fully saturated rings. The van der Waals surface area contributed by atoms with E-state index in [4.69, 9.17) is 11.5 Å². The first kappa shape index (κ1) is 18.0. The number of hydrogen-bond acceptors (Lipinski definition) is 9. The maximum Gasteiger partial charge on any atom is 0.332 e. The van der Waals surface area contributed by atoms with E-state index in [9.17, 15) is 9.59 Å². The largest absolute Gasteiger partial charge is 0.382 e. The number of nitrogen functional groups attached to an aromatic ring is 2. The standard InChI is InChI=1S/C15H18N10O2S/c1-23-11-8(12(26)24(2)15(23)27)25(6-18-11)4-3-5-28-14-19-7-9(16)20-13(17)21-10(7)22-14/h6H,3-5H2,1-2H3,(H5,16,17,19,20,21,22). The van der Waals surface area contributed by atoms with Crippen LogP contribution in [-0.4, -0.2) is 44.4 Å². The zero-order valence-electron chi connectivity index (χ0n) is 15.2. The van der Waals surface area contributed by atoms with Gasteiger partial charge in [0, 0.05) is 26.4 Å². The third-order valence-corrected chi connectivity index (χ3v) is 5.33. The molecule has 13 heteroatoms. The highest BCUT2D eigenvalue weighted by Gasteiger charge is 2.14. The van der Waals surface area contributed by atoms with Gasteiger partial charge in [0.05, 0.1) is 6.33 Å². The molecule has 0 aliphatic carbocycles. The second kappa shape index (κ2) is 6.67. The summed E-state index contributed by atoms with van der Waals surface area (Å²) in [6.07, 6.45) is 2.33. The zero-order chi connectivity index (χ0) is 20.0. The predicted octanol–water partition coefficient (Wildman–Crippen LogP) is -0.553. The summed E-state index contributed by atoms with van der Waals surface area (Å²) in [6.45, 7) is 0.575. The molecule has 0 atom stereocenters. The normalized spacial score (nSPS) is 11.6. The number of nitrogens with two attached hydrogens (primary N) is 2. The van der Waals surface area contributed by atoms with Crippen LogP contribution in [0.1, 0.15) is 6.42 Å². The molecule has 4 aromatic rings. The molecule has 0 spiro atoms. The fraction of sp³-hybridized carbons (Fsp3) is 0.333. The number of aromatic amines is 1. The van der Waals surface area contributed by atoms with Gasteiger partial charge in [-0.05, 0) is 6.42 Å². The lowest BCUT2D eigenvalue weighted by Gasteiger charge is -2.06. The number of aromatic nitrogens is 8. The van der Waals surface area contributed by atoms with Crippen molar-refractivity contribution in [3.63, 3.8) is 0 Å². The quantitative estimate of drug-likeness (QED) is 0.293. The first-order valence-corrected chi connectivity index (χ1v) is 9.37. The minimum absolute atomic E-state index is 0.0796. The van der Waals surface area contributed by atoms with Crippen molar-refractivity contribution in [3.8, 4) is 0 Å². The first-order valence-electron chi connectivity index (χ1n) is 8.39. The number of hydrogen-bond donors (Lipinski definition) is 3. The van der Waals surface area contributed by atoms with E-state index >= 15 is 0 Å². The van der Waals surface area contributed by atoms with Crippen LogP contribution in [0.4, 0.5) is 11.8 Å². The van der Waals surface area contributed by atoms with Gasteiger partial charge in [-0.3, -0.25) is 13.9 Å². The average Bonchev–Trinajstić information content (AvgIpc) is 3.26. The third-order valence-electron chi connectivity index (χ3n) is 4.37. The first-order chi connectivity index (χ1) is 13.4. The maximum absolute atomic E-state index is 12.4. The molecule has 0 saturated carbocycles. The molecule has 28 heavy (non-hydrogen) atoms. The third kappa shape index (κ3) is 2.89. The molecule has 146 valence electrons. The molecule has 5 N–H and O–H groups in total. The van der Waals surface area contributed by atoms with Crippen molar-refractivity contribution >= 4 is 45.9 Å². The van der Waals surface area contributed by atoms with E-state index in [2.05, 4.69) is 24.9 Å². The molecule has 0 bridgehead atoms. The molecule has 0 unspecified atom stereocenters. The van der Waals surface area contributed by atoms with Crippen LogP contribution in [0.25, 0.3) is 22.3 Å². The molecular formula is C15H18N10O2S. The number of aryl methyl sites for hydroxylation is 2. The summed E-state index contributed by atoms with van der Waals surface area (Å²) in [5.41, 5.74) is 12.4. The summed E-state index contributed by atoms with van der Waals surface area (Å²) in [7, 11) is 3.06. The molecule has 0 saturated heterocycles. The fourth-order valence-electron chi connectivity index (χ4n) is 2.95. The second-order valence-electron chi connectivity index (χ2n) is 6.23. The molecule has 0 aliphatic rings. The van der Waals surface area contributed by atoms with E-state index in [-0.39, 0.29) is 17.3 Å². The van der Waals surface area contributed by atoms with Gasteiger partial charge < -0.3 is 21.0 Å². The van der Waals surface area contributed by atoms with E-state index in [0.29, 0.717) is 34.0 Å². The van der Waals surface area contributed by atoms with Crippen LogP contribution < -0.4 is 22.7 Å². The minimum atomic E-state index is -0.397. The van der Waals surface area contributed by atoms with Crippen molar-refractivity contribution in [2.75, 3.05) is 17.2 Å². The Morgan fingerprint density at radius 1 is 1.14 bits per heavy atom. The zero-order valence-corrected chi connectivity index (χ0v) is 16.0. The number of nitrogens with zero attached hydrogens (tertiary/aromatic N) is 7.